The van der Waals surface area contributed by atoms with Crippen molar-refractivity contribution < 1.29 is 23.5 Å². The van der Waals surface area contributed by atoms with Crippen molar-refractivity contribution in [2.75, 3.05) is 6.61 Å². The molecule has 9 nitrogen and oxygen atoms in total. The molecule has 3 amide bonds. The Bertz CT molecular complexity index is 1510. The molecule has 0 spiro atoms. The van der Waals surface area contributed by atoms with Crippen LogP contribution >= 0.6 is 0 Å². The highest BCUT2D eigenvalue weighted by Crippen LogP contribution is 2.30. The highest BCUT2D eigenvalue weighted by atomic mass is 16.5. The van der Waals surface area contributed by atoms with Crippen LogP contribution in [0.1, 0.15) is 57.3 Å². The van der Waals surface area contributed by atoms with Gasteiger partial charge in [0, 0.05) is 17.5 Å². The summed E-state index contributed by atoms with van der Waals surface area (Å²) < 4.78 is 11.3. The quantitative estimate of drug-likeness (QED) is 0.281. The molecule has 0 saturated carbocycles. The van der Waals surface area contributed by atoms with Gasteiger partial charge in [0.2, 0.25) is 0 Å². The van der Waals surface area contributed by atoms with Gasteiger partial charge in [0.1, 0.15) is 11.5 Å². The van der Waals surface area contributed by atoms with Gasteiger partial charge in [-0.25, -0.2) is 5.43 Å². The van der Waals surface area contributed by atoms with Crippen LogP contribution in [0.5, 0.6) is 5.75 Å². The van der Waals surface area contributed by atoms with Crippen molar-refractivity contribution in [2.24, 2.45) is 5.10 Å². The van der Waals surface area contributed by atoms with Gasteiger partial charge < -0.3 is 9.15 Å². The maximum atomic E-state index is 13.4. The van der Waals surface area contributed by atoms with Gasteiger partial charge in [-0.05, 0) is 43.0 Å². The Morgan fingerprint density at radius 3 is 2.10 bits per heavy atom. The van der Waals surface area contributed by atoms with Gasteiger partial charge in [-0.1, -0.05) is 78.9 Å². The van der Waals surface area contributed by atoms with Gasteiger partial charge in [0.15, 0.2) is 12.4 Å². The molecule has 0 atom stereocenters. The number of rotatable bonds is 8. The molecule has 9 heteroatoms. The summed E-state index contributed by atoms with van der Waals surface area (Å²) in [6, 6.07) is 28.0. The van der Waals surface area contributed by atoms with E-state index in [2.05, 4.69) is 21.4 Å². The minimum absolute atomic E-state index is 0.0756. The fourth-order valence-electron chi connectivity index (χ4n) is 4.85. The minimum Gasteiger partial charge on any atom is -0.484 e. The van der Waals surface area contributed by atoms with E-state index in [-0.39, 0.29) is 18.3 Å². The Balaban J connectivity index is 1.27. The molecule has 0 saturated heterocycles. The zero-order chi connectivity index (χ0) is 28.6. The lowest BCUT2D eigenvalue weighted by molar-refractivity contribution is -0.124. The number of fused-ring (bicyclic) bond motifs is 1. The summed E-state index contributed by atoms with van der Waals surface area (Å²) in [6.45, 7) is 1.50. The van der Waals surface area contributed by atoms with Gasteiger partial charge in [-0.15, -0.1) is 0 Å². The van der Waals surface area contributed by atoms with Gasteiger partial charge >= 0.3 is 5.91 Å². The first-order valence-corrected chi connectivity index (χ1v) is 13.4. The highest BCUT2D eigenvalue weighted by molar-refractivity contribution is 6.07. The van der Waals surface area contributed by atoms with Crippen molar-refractivity contribution >= 4 is 23.4 Å². The van der Waals surface area contributed by atoms with E-state index in [0.717, 1.165) is 17.5 Å². The smallest absolute Gasteiger partial charge is 0.305 e. The largest absolute Gasteiger partial charge is 0.484 e. The Hall–Kier alpha value is -5.18. The number of hydrazine groups is 1. The molecular weight excluding hydrogens is 520 g/mol. The lowest BCUT2D eigenvalue weighted by atomic mass is 9.90. The molecule has 0 aliphatic heterocycles. The molecule has 1 aliphatic carbocycles. The van der Waals surface area contributed by atoms with E-state index < -0.39 is 17.7 Å². The van der Waals surface area contributed by atoms with Crippen LogP contribution < -0.4 is 21.0 Å². The van der Waals surface area contributed by atoms with Crippen molar-refractivity contribution in [2.45, 2.75) is 32.1 Å². The van der Waals surface area contributed by atoms with E-state index in [9.17, 15) is 14.4 Å². The number of carbonyl (C=O) groups excluding carboxylic acids is 3. The molecule has 0 fully saturated rings. The highest BCUT2D eigenvalue weighted by Gasteiger charge is 2.29. The van der Waals surface area contributed by atoms with E-state index in [1.54, 1.807) is 31.2 Å². The maximum Gasteiger partial charge on any atom is 0.305 e. The average Bonchev–Trinajstić information content (AvgIpc) is 3.36. The van der Waals surface area contributed by atoms with Crippen LogP contribution in [-0.4, -0.2) is 30.0 Å². The van der Waals surface area contributed by atoms with E-state index in [0.29, 0.717) is 41.2 Å². The lowest BCUT2D eigenvalue weighted by Crippen LogP contribution is -2.43. The molecule has 1 heterocycles. The van der Waals surface area contributed by atoms with Crippen LogP contribution in [0.15, 0.2) is 101 Å². The molecule has 208 valence electrons. The number of aryl methyl sites for hydroxylation is 1. The van der Waals surface area contributed by atoms with Crippen LogP contribution in [0.2, 0.25) is 0 Å². The number of para-hydroxylation sites is 1. The van der Waals surface area contributed by atoms with Crippen LogP contribution in [0.3, 0.4) is 0 Å². The molecule has 3 N–H and O–H groups in total. The topological polar surface area (TPSA) is 122 Å². The Kier molecular flexibility index (Phi) is 8.54. The second-order valence-electron chi connectivity index (χ2n) is 9.60. The van der Waals surface area contributed by atoms with Crippen LogP contribution in [0.4, 0.5) is 0 Å². The predicted molar refractivity (Wildman–Crippen MR) is 153 cm³/mol. The third-order valence-electron chi connectivity index (χ3n) is 6.79. The van der Waals surface area contributed by atoms with E-state index in [1.807, 2.05) is 66.7 Å². The number of carbonyl (C=O) groups is 3. The number of ether oxygens (including phenoxy) is 1. The summed E-state index contributed by atoms with van der Waals surface area (Å²) in [5.74, 6) is -0.678. The number of hydrazone groups is 1. The number of amides is 3. The molecular formula is C32H30N4O5. The third-order valence-corrected chi connectivity index (χ3v) is 6.79. The molecule has 0 unspecified atom stereocenters. The molecule has 1 aliphatic rings. The SMILES string of the molecule is Cc1c(C(=O)NNC(=O)COc2ccccc2)oc2c1/C(=N/NC(=O)C(c1ccccc1)c1ccccc1)CCC2. The first-order chi connectivity index (χ1) is 20.0. The summed E-state index contributed by atoms with van der Waals surface area (Å²) in [4.78, 5) is 38.5. The average molecular weight is 551 g/mol. The standard InChI is InChI=1S/C32H30N4O5/c1-21-28-25(33-35-31(38)29(22-12-5-2-6-13-22)23-14-7-3-8-15-23)18-11-19-26(28)41-30(21)32(39)36-34-27(37)20-40-24-16-9-4-10-17-24/h2-10,12-17,29H,11,18-20H2,1H3,(H,34,37)(H,35,38)(H,36,39)/b33-25+. The maximum absolute atomic E-state index is 13.4. The molecule has 0 radical (unpaired) electrons. The summed E-state index contributed by atoms with van der Waals surface area (Å²) in [6.07, 6.45) is 2.00. The summed E-state index contributed by atoms with van der Waals surface area (Å²) >= 11 is 0. The molecule has 4 aromatic rings. The fourth-order valence-corrected chi connectivity index (χ4v) is 4.85. The number of nitrogens with zero attached hydrogens (tertiary/aromatic N) is 1. The second-order valence-corrected chi connectivity index (χ2v) is 9.60. The number of benzene rings is 3. The molecule has 3 aromatic carbocycles. The van der Waals surface area contributed by atoms with Gasteiger partial charge in [0.25, 0.3) is 11.8 Å². The predicted octanol–water partition coefficient (Wildman–Crippen LogP) is 4.42. The third kappa shape index (κ3) is 6.52. The normalized spacial score (nSPS) is 13.4. The van der Waals surface area contributed by atoms with Crippen molar-refractivity contribution in [3.63, 3.8) is 0 Å². The number of furan rings is 1. The first-order valence-electron chi connectivity index (χ1n) is 13.4. The van der Waals surface area contributed by atoms with Crippen molar-refractivity contribution in [3.05, 3.63) is 125 Å². The molecule has 1 aromatic heterocycles. The zero-order valence-corrected chi connectivity index (χ0v) is 22.6. The summed E-state index contributed by atoms with van der Waals surface area (Å²) in [5.41, 5.74) is 11.1. The second kappa shape index (κ2) is 12.8. The number of nitrogens with one attached hydrogen (secondary N) is 3. The Morgan fingerprint density at radius 1 is 0.854 bits per heavy atom. The molecule has 5 rings (SSSR count). The monoisotopic (exact) mass is 550 g/mol. The minimum atomic E-state index is -0.596. The zero-order valence-electron chi connectivity index (χ0n) is 22.6. The summed E-state index contributed by atoms with van der Waals surface area (Å²) in [5, 5.41) is 4.50. The molecule has 0 bridgehead atoms. The lowest BCUT2D eigenvalue weighted by Gasteiger charge is -2.18. The van der Waals surface area contributed by atoms with E-state index in [1.165, 1.54) is 0 Å². The molecule has 41 heavy (non-hydrogen) atoms. The van der Waals surface area contributed by atoms with Crippen molar-refractivity contribution in [1.29, 1.82) is 0 Å². The van der Waals surface area contributed by atoms with Crippen molar-refractivity contribution in [3.8, 4) is 5.75 Å². The van der Waals surface area contributed by atoms with Gasteiger partial charge in [-0.2, -0.15) is 5.10 Å². The Morgan fingerprint density at radius 2 is 1.46 bits per heavy atom. The van der Waals surface area contributed by atoms with E-state index in [4.69, 9.17) is 9.15 Å². The van der Waals surface area contributed by atoms with Gasteiger partial charge in [0.05, 0.1) is 11.6 Å². The fraction of sp³-hybridized carbons (Fsp3) is 0.188. The van der Waals surface area contributed by atoms with Crippen molar-refractivity contribution in [1.82, 2.24) is 16.3 Å². The van der Waals surface area contributed by atoms with Gasteiger partial charge in [-0.3, -0.25) is 25.2 Å². The van der Waals surface area contributed by atoms with E-state index >= 15 is 0 Å². The van der Waals surface area contributed by atoms with Crippen LogP contribution in [0, 0.1) is 6.92 Å². The van der Waals surface area contributed by atoms with Crippen LogP contribution in [-0.2, 0) is 16.0 Å². The summed E-state index contributed by atoms with van der Waals surface area (Å²) in [7, 11) is 0. The number of hydrogen-bond acceptors (Lipinski definition) is 6. The number of hydrogen-bond donors (Lipinski definition) is 3. The van der Waals surface area contributed by atoms with Crippen LogP contribution in [0.25, 0.3) is 0 Å². The first kappa shape index (κ1) is 27.4. The Labute approximate surface area is 237 Å².